The molecule has 0 aromatic heterocycles. The monoisotopic (exact) mass is 342 g/mol. The Morgan fingerprint density at radius 1 is 0.708 bits per heavy atom. The third-order valence-corrected chi connectivity index (χ3v) is 6.00. The van der Waals surface area contributed by atoms with Gasteiger partial charge in [-0.15, -0.1) is 11.8 Å². The molecule has 0 saturated carbocycles. The predicted octanol–water partition coefficient (Wildman–Crippen LogP) is 1.54. The smallest absolute Gasteiger partial charge is 0.127 e. The summed E-state index contributed by atoms with van der Waals surface area (Å²) in [6.07, 6.45) is 2.70. The molecule has 1 aliphatic rings. The summed E-state index contributed by atoms with van der Waals surface area (Å²) >= 11 is 2.00. The number of nitrogens with one attached hydrogen (secondary N) is 2. The molecule has 1 aliphatic heterocycles. The van der Waals surface area contributed by atoms with E-state index >= 15 is 0 Å². The molecule has 2 aromatic rings. The van der Waals surface area contributed by atoms with Crippen LogP contribution >= 0.6 is 11.8 Å². The molecule has 3 heteroatoms. The van der Waals surface area contributed by atoms with Crippen molar-refractivity contribution in [2.75, 3.05) is 38.5 Å². The first kappa shape index (κ1) is 17.5. The van der Waals surface area contributed by atoms with Crippen LogP contribution in [0.5, 0.6) is 0 Å². The lowest BCUT2D eigenvalue weighted by Gasteiger charge is -2.29. The van der Waals surface area contributed by atoms with Gasteiger partial charge in [-0.2, -0.15) is 0 Å². The minimum atomic E-state index is 1.20. The van der Waals surface area contributed by atoms with Gasteiger partial charge in [-0.25, -0.2) is 0 Å². The SMILES string of the molecule is c1ccc(C[NH+]2CC[NH+](CCCCSc3ccccc3)CC2)cc1. The van der Waals surface area contributed by atoms with Gasteiger partial charge in [-0.3, -0.25) is 0 Å². The summed E-state index contributed by atoms with van der Waals surface area (Å²) in [6.45, 7) is 7.88. The second kappa shape index (κ2) is 9.87. The molecular formula is C21H30N2S+2. The van der Waals surface area contributed by atoms with E-state index < -0.39 is 0 Å². The number of hydrogen-bond acceptors (Lipinski definition) is 1. The summed E-state index contributed by atoms with van der Waals surface area (Å²) in [5, 5.41) is 0. The van der Waals surface area contributed by atoms with Crippen LogP contribution in [0, 0.1) is 0 Å². The van der Waals surface area contributed by atoms with Gasteiger partial charge in [0, 0.05) is 10.5 Å². The molecule has 0 unspecified atom stereocenters. The Bertz CT molecular complexity index is 565. The lowest BCUT2D eigenvalue weighted by atomic mass is 10.2. The summed E-state index contributed by atoms with van der Waals surface area (Å²) in [5.74, 6) is 1.25. The van der Waals surface area contributed by atoms with E-state index in [0.717, 1.165) is 0 Å². The highest BCUT2D eigenvalue weighted by molar-refractivity contribution is 7.99. The summed E-state index contributed by atoms with van der Waals surface area (Å²) in [6, 6.07) is 21.7. The summed E-state index contributed by atoms with van der Waals surface area (Å²) in [4.78, 5) is 4.98. The van der Waals surface area contributed by atoms with Crippen LogP contribution in [-0.2, 0) is 6.54 Å². The van der Waals surface area contributed by atoms with Crippen molar-refractivity contribution < 1.29 is 9.80 Å². The van der Waals surface area contributed by atoms with Gasteiger partial charge in [0.2, 0.25) is 0 Å². The normalized spacial score (nSPS) is 20.8. The van der Waals surface area contributed by atoms with Crippen LogP contribution in [0.2, 0.25) is 0 Å². The zero-order chi connectivity index (χ0) is 16.5. The molecule has 0 spiro atoms. The lowest BCUT2D eigenvalue weighted by molar-refractivity contribution is -1.02. The highest BCUT2D eigenvalue weighted by atomic mass is 32.2. The van der Waals surface area contributed by atoms with E-state index in [1.807, 2.05) is 16.7 Å². The Kier molecular flexibility index (Phi) is 7.21. The molecule has 1 fully saturated rings. The number of unbranched alkanes of at least 4 members (excludes halogenated alkanes) is 1. The van der Waals surface area contributed by atoms with Gasteiger partial charge < -0.3 is 9.80 Å². The molecule has 0 aliphatic carbocycles. The number of rotatable bonds is 8. The average molecular weight is 343 g/mol. The molecule has 1 heterocycles. The second-order valence-corrected chi connectivity index (χ2v) is 7.95. The number of quaternary nitrogens is 2. The molecule has 2 N–H and O–H groups in total. The second-order valence-electron chi connectivity index (χ2n) is 6.78. The van der Waals surface area contributed by atoms with Crippen molar-refractivity contribution in [1.29, 1.82) is 0 Å². The molecule has 0 amide bonds. The van der Waals surface area contributed by atoms with Crippen molar-refractivity contribution in [1.82, 2.24) is 0 Å². The van der Waals surface area contributed by atoms with Crippen molar-refractivity contribution >= 4 is 11.8 Å². The standard InChI is InChI=1S/C21H28N2S/c1-3-9-20(10-4-1)19-23-16-14-22(15-17-23)13-7-8-18-24-21-11-5-2-6-12-21/h1-6,9-12H,7-8,13-19H2/p+2. The van der Waals surface area contributed by atoms with Crippen LogP contribution in [0.25, 0.3) is 0 Å². The molecule has 0 bridgehead atoms. The van der Waals surface area contributed by atoms with Gasteiger partial charge in [0.1, 0.15) is 32.7 Å². The molecule has 0 radical (unpaired) electrons. The van der Waals surface area contributed by atoms with Gasteiger partial charge in [0.05, 0.1) is 6.54 Å². The van der Waals surface area contributed by atoms with E-state index in [1.165, 1.54) is 68.3 Å². The highest BCUT2D eigenvalue weighted by Gasteiger charge is 2.22. The Labute approximate surface area is 150 Å². The van der Waals surface area contributed by atoms with E-state index in [9.17, 15) is 0 Å². The number of hydrogen-bond donors (Lipinski definition) is 2. The number of benzene rings is 2. The number of thioether (sulfide) groups is 1. The molecule has 128 valence electrons. The summed E-state index contributed by atoms with van der Waals surface area (Å²) in [5.41, 5.74) is 1.48. The first-order valence-electron chi connectivity index (χ1n) is 9.29. The van der Waals surface area contributed by atoms with Crippen LogP contribution < -0.4 is 9.80 Å². The summed E-state index contributed by atoms with van der Waals surface area (Å²) in [7, 11) is 0. The van der Waals surface area contributed by atoms with Gasteiger partial charge in [-0.1, -0.05) is 48.5 Å². The largest absolute Gasteiger partial charge is 0.326 e. The Balaban J connectivity index is 1.26. The van der Waals surface area contributed by atoms with Gasteiger partial charge in [0.15, 0.2) is 0 Å². The van der Waals surface area contributed by atoms with Crippen LogP contribution in [0.3, 0.4) is 0 Å². The molecule has 3 rings (SSSR count). The topological polar surface area (TPSA) is 8.88 Å². The van der Waals surface area contributed by atoms with E-state index in [0.29, 0.717) is 0 Å². The summed E-state index contributed by atoms with van der Waals surface area (Å²) < 4.78 is 0. The van der Waals surface area contributed by atoms with Crippen molar-refractivity contribution in [3.8, 4) is 0 Å². The molecular weight excluding hydrogens is 312 g/mol. The third kappa shape index (κ3) is 5.97. The van der Waals surface area contributed by atoms with Crippen molar-refractivity contribution in [2.45, 2.75) is 24.3 Å². The van der Waals surface area contributed by atoms with E-state index in [1.54, 1.807) is 4.90 Å². The first-order chi connectivity index (χ1) is 11.9. The van der Waals surface area contributed by atoms with Crippen molar-refractivity contribution in [3.05, 3.63) is 66.2 Å². The van der Waals surface area contributed by atoms with E-state index in [-0.39, 0.29) is 0 Å². The molecule has 24 heavy (non-hydrogen) atoms. The van der Waals surface area contributed by atoms with Crippen molar-refractivity contribution in [3.63, 3.8) is 0 Å². The first-order valence-corrected chi connectivity index (χ1v) is 10.3. The van der Waals surface area contributed by atoms with Gasteiger partial charge >= 0.3 is 0 Å². The molecule has 0 atom stereocenters. The highest BCUT2D eigenvalue weighted by Crippen LogP contribution is 2.17. The maximum absolute atomic E-state index is 2.26. The van der Waals surface area contributed by atoms with Gasteiger partial charge in [-0.05, 0) is 30.7 Å². The van der Waals surface area contributed by atoms with Crippen LogP contribution in [-0.4, -0.2) is 38.5 Å². The Morgan fingerprint density at radius 2 is 1.33 bits per heavy atom. The maximum Gasteiger partial charge on any atom is 0.127 e. The fourth-order valence-electron chi connectivity index (χ4n) is 3.45. The molecule has 1 saturated heterocycles. The molecule has 2 aromatic carbocycles. The lowest BCUT2D eigenvalue weighted by Crippen LogP contribution is -3.27. The Morgan fingerprint density at radius 3 is 2.04 bits per heavy atom. The van der Waals surface area contributed by atoms with E-state index in [4.69, 9.17) is 0 Å². The zero-order valence-electron chi connectivity index (χ0n) is 14.5. The average Bonchev–Trinajstić information content (AvgIpc) is 2.65. The maximum atomic E-state index is 2.26. The minimum Gasteiger partial charge on any atom is -0.326 e. The fraction of sp³-hybridized carbons (Fsp3) is 0.429. The zero-order valence-corrected chi connectivity index (χ0v) is 15.4. The van der Waals surface area contributed by atoms with Crippen LogP contribution in [0.1, 0.15) is 18.4 Å². The Hall–Kier alpha value is -1.29. The van der Waals surface area contributed by atoms with Crippen LogP contribution in [0.4, 0.5) is 0 Å². The quantitative estimate of drug-likeness (QED) is 0.546. The van der Waals surface area contributed by atoms with Gasteiger partial charge in [0.25, 0.3) is 0 Å². The van der Waals surface area contributed by atoms with Crippen molar-refractivity contribution in [2.24, 2.45) is 0 Å². The van der Waals surface area contributed by atoms with E-state index in [2.05, 4.69) is 60.7 Å². The van der Waals surface area contributed by atoms with Crippen LogP contribution in [0.15, 0.2) is 65.6 Å². The molecule has 2 nitrogen and oxygen atoms in total. The third-order valence-electron chi connectivity index (χ3n) is 4.90. The predicted molar refractivity (Wildman–Crippen MR) is 103 cm³/mol. The fourth-order valence-corrected chi connectivity index (χ4v) is 4.39. The minimum absolute atomic E-state index is 1.20. The number of piperazine rings is 1.